The van der Waals surface area contributed by atoms with Crippen molar-refractivity contribution in [3.63, 3.8) is 0 Å². The van der Waals surface area contributed by atoms with Crippen LogP contribution in [0.4, 0.5) is 17.6 Å². The van der Waals surface area contributed by atoms with Crippen LogP contribution in [0.1, 0.15) is 28.8 Å². The van der Waals surface area contributed by atoms with E-state index in [1.807, 2.05) is 0 Å². The highest BCUT2D eigenvalue weighted by molar-refractivity contribution is 7.99. The van der Waals surface area contributed by atoms with Crippen LogP contribution in [0, 0.1) is 0 Å². The zero-order chi connectivity index (χ0) is 23.4. The summed E-state index contributed by atoms with van der Waals surface area (Å²) in [6.07, 6.45) is 1.23. The summed E-state index contributed by atoms with van der Waals surface area (Å²) in [6.45, 7) is -1.85. The van der Waals surface area contributed by atoms with Gasteiger partial charge in [0.25, 0.3) is 0 Å². The van der Waals surface area contributed by atoms with Crippen molar-refractivity contribution in [2.75, 3.05) is 11.5 Å². The molecule has 4 rings (SSSR count). The van der Waals surface area contributed by atoms with Crippen molar-refractivity contribution in [2.24, 2.45) is 0 Å². The van der Waals surface area contributed by atoms with E-state index < -0.39 is 13.2 Å². The summed E-state index contributed by atoms with van der Waals surface area (Å²) in [5, 5.41) is 0.614. The van der Waals surface area contributed by atoms with Gasteiger partial charge in [0, 0.05) is 45.7 Å². The molecule has 0 radical (unpaired) electrons. The standard InChI is InChI=1S/C11H9ClF2OS.C10H7ClF2O2S/c1-6-2-3-16-10-8(6)4-7(12)5-9(10)15-11(13)14;11-5-3-6-7(14)1-2-16-9(6)8(4-5)15-10(12)13/h4-5,11H,1-3H2;3-4,10H,1-2H2. The van der Waals surface area contributed by atoms with E-state index in [4.69, 9.17) is 23.2 Å². The molecule has 2 aromatic rings. The Kier molecular flexibility index (Phi) is 8.66. The molecule has 0 spiro atoms. The van der Waals surface area contributed by atoms with Crippen LogP contribution in [0.2, 0.25) is 10.0 Å². The summed E-state index contributed by atoms with van der Waals surface area (Å²) in [5.41, 5.74) is 2.11. The Morgan fingerprint density at radius 3 is 1.81 bits per heavy atom. The van der Waals surface area contributed by atoms with Gasteiger partial charge in [0.1, 0.15) is 11.5 Å². The van der Waals surface area contributed by atoms with Crippen LogP contribution in [0.3, 0.4) is 0 Å². The Balaban J connectivity index is 0.000000181. The highest BCUT2D eigenvalue weighted by Gasteiger charge is 2.24. The first-order chi connectivity index (χ1) is 15.2. The van der Waals surface area contributed by atoms with Crippen molar-refractivity contribution < 1.29 is 31.8 Å². The average Bonchev–Trinajstić information content (AvgIpc) is 2.69. The Morgan fingerprint density at radius 1 is 0.812 bits per heavy atom. The lowest BCUT2D eigenvalue weighted by Gasteiger charge is -2.21. The number of fused-ring (bicyclic) bond motifs is 2. The Hall–Kier alpha value is -1.55. The van der Waals surface area contributed by atoms with E-state index in [1.54, 1.807) is 6.07 Å². The van der Waals surface area contributed by atoms with Crippen molar-refractivity contribution in [2.45, 2.75) is 35.9 Å². The number of ketones is 1. The van der Waals surface area contributed by atoms with Gasteiger partial charge in [0.15, 0.2) is 5.78 Å². The van der Waals surface area contributed by atoms with E-state index in [-0.39, 0.29) is 22.3 Å². The van der Waals surface area contributed by atoms with Crippen LogP contribution in [0.5, 0.6) is 11.5 Å². The molecule has 32 heavy (non-hydrogen) atoms. The van der Waals surface area contributed by atoms with Crippen molar-refractivity contribution >= 4 is 58.1 Å². The summed E-state index contributed by atoms with van der Waals surface area (Å²) in [5.74, 6) is 1.44. The molecule has 3 nitrogen and oxygen atoms in total. The zero-order valence-electron chi connectivity index (χ0n) is 16.3. The number of halogens is 6. The first-order valence-electron chi connectivity index (χ1n) is 9.19. The van der Waals surface area contributed by atoms with Crippen LogP contribution in [0.25, 0.3) is 5.57 Å². The smallest absolute Gasteiger partial charge is 0.387 e. The van der Waals surface area contributed by atoms with Gasteiger partial charge >= 0.3 is 13.2 Å². The van der Waals surface area contributed by atoms with E-state index in [1.165, 1.54) is 41.7 Å². The van der Waals surface area contributed by atoms with Crippen molar-refractivity contribution in [1.29, 1.82) is 0 Å². The van der Waals surface area contributed by atoms with Gasteiger partial charge in [-0.1, -0.05) is 29.8 Å². The van der Waals surface area contributed by atoms with Crippen LogP contribution >= 0.6 is 46.7 Å². The maximum absolute atomic E-state index is 12.2. The lowest BCUT2D eigenvalue weighted by atomic mass is 10.0. The zero-order valence-corrected chi connectivity index (χ0v) is 19.5. The van der Waals surface area contributed by atoms with E-state index in [2.05, 4.69) is 16.1 Å². The molecule has 0 bridgehead atoms. The Bertz CT molecular complexity index is 953. The fraction of sp³-hybridized carbons (Fsp3) is 0.286. The molecule has 11 heteroatoms. The fourth-order valence-corrected chi connectivity index (χ4v) is 5.71. The van der Waals surface area contributed by atoms with Crippen LogP contribution in [0.15, 0.2) is 40.6 Å². The predicted molar refractivity (Wildman–Crippen MR) is 120 cm³/mol. The topological polar surface area (TPSA) is 35.5 Å². The van der Waals surface area contributed by atoms with Gasteiger partial charge < -0.3 is 9.47 Å². The second kappa shape index (κ2) is 11.0. The molecule has 172 valence electrons. The van der Waals surface area contributed by atoms with E-state index in [0.29, 0.717) is 32.6 Å². The molecule has 2 heterocycles. The summed E-state index contributed by atoms with van der Waals surface area (Å²) in [4.78, 5) is 12.7. The number of benzene rings is 2. The maximum Gasteiger partial charge on any atom is 0.387 e. The van der Waals surface area contributed by atoms with Gasteiger partial charge in [-0.15, -0.1) is 23.5 Å². The number of ether oxygens (including phenoxy) is 2. The Morgan fingerprint density at radius 2 is 1.28 bits per heavy atom. The van der Waals surface area contributed by atoms with E-state index >= 15 is 0 Å². The molecule has 0 fully saturated rings. The number of Topliss-reactive ketones (excluding diaryl/α,β-unsaturated/α-hetero) is 1. The van der Waals surface area contributed by atoms with Gasteiger partial charge in [0.2, 0.25) is 0 Å². The van der Waals surface area contributed by atoms with Crippen molar-refractivity contribution in [3.05, 3.63) is 52.0 Å². The molecular weight excluding hydrogens is 511 g/mol. The van der Waals surface area contributed by atoms with Gasteiger partial charge in [-0.3, -0.25) is 4.79 Å². The maximum atomic E-state index is 12.2. The third-order valence-corrected chi connectivity index (χ3v) is 7.05. The average molecular weight is 527 g/mol. The highest BCUT2D eigenvalue weighted by Crippen LogP contribution is 2.44. The lowest BCUT2D eigenvalue weighted by molar-refractivity contribution is -0.0523. The summed E-state index contributed by atoms with van der Waals surface area (Å²) < 4.78 is 57.6. The van der Waals surface area contributed by atoms with Gasteiger partial charge in [-0.25, -0.2) is 0 Å². The molecule has 0 amide bonds. The molecule has 0 saturated heterocycles. The number of carbonyl (C=O) groups excluding carboxylic acids is 1. The number of rotatable bonds is 4. The monoisotopic (exact) mass is 526 g/mol. The molecule has 2 aliphatic heterocycles. The van der Waals surface area contributed by atoms with Crippen molar-refractivity contribution in [3.8, 4) is 11.5 Å². The Labute approximate surface area is 200 Å². The van der Waals surface area contributed by atoms with E-state index in [9.17, 15) is 22.4 Å². The van der Waals surface area contributed by atoms with Gasteiger partial charge in [-0.05, 0) is 29.7 Å². The second-order valence-electron chi connectivity index (χ2n) is 6.54. The summed E-state index contributed by atoms with van der Waals surface area (Å²) in [6, 6.07) is 5.95. The fourth-order valence-electron chi connectivity index (χ4n) is 3.06. The molecular formula is C21H16Cl2F4O3S2. The largest absolute Gasteiger partial charge is 0.434 e. The van der Waals surface area contributed by atoms with Gasteiger partial charge in [0.05, 0.1) is 9.79 Å². The number of allylic oxidation sites excluding steroid dienone is 1. The van der Waals surface area contributed by atoms with Crippen molar-refractivity contribution in [1.82, 2.24) is 0 Å². The lowest BCUT2D eigenvalue weighted by Crippen LogP contribution is -2.11. The van der Waals surface area contributed by atoms with Crippen LogP contribution in [-0.2, 0) is 0 Å². The first kappa shape index (κ1) is 25.1. The molecule has 0 aliphatic carbocycles. The number of hydrogen-bond acceptors (Lipinski definition) is 5. The SMILES string of the molecule is C=C1CCSc2c(OC(F)F)cc(Cl)cc21.O=C1CCSc2c(OC(F)F)cc(Cl)cc21. The summed E-state index contributed by atoms with van der Waals surface area (Å²) in [7, 11) is 0. The third kappa shape index (κ3) is 6.27. The predicted octanol–water partition coefficient (Wildman–Crippen LogP) is 8.07. The normalized spacial score (nSPS) is 15.1. The second-order valence-corrected chi connectivity index (χ2v) is 9.63. The molecule has 0 atom stereocenters. The van der Waals surface area contributed by atoms with Gasteiger partial charge in [-0.2, -0.15) is 17.6 Å². The van der Waals surface area contributed by atoms with E-state index in [0.717, 1.165) is 23.3 Å². The minimum absolute atomic E-state index is 0.0180. The first-order valence-corrected chi connectivity index (χ1v) is 11.9. The third-order valence-electron chi connectivity index (χ3n) is 4.38. The minimum Gasteiger partial charge on any atom is -0.434 e. The number of thioether (sulfide) groups is 2. The molecule has 2 aromatic carbocycles. The number of hydrogen-bond donors (Lipinski definition) is 0. The van der Waals surface area contributed by atoms with Crippen LogP contribution < -0.4 is 9.47 Å². The molecule has 0 N–H and O–H groups in total. The number of carbonyl (C=O) groups is 1. The number of alkyl halides is 4. The van der Waals surface area contributed by atoms with Crippen LogP contribution in [-0.4, -0.2) is 30.5 Å². The molecule has 2 aliphatic rings. The summed E-state index contributed by atoms with van der Waals surface area (Å²) >= 11 is 14.4. The quantitative estimate of drug-likeness (QED) is 0.376. The highest BCUT2D eigenvalue weighted by atomic mass is 35.5. The minimum atomic E-state index is -2.92. The molecule has 0 aromatic heterocycles. The molecule has 0 unspecified atom stereocenters. The molecule has 0 saturated carbocycles.